The molecule has 3 nitrogen and oxygen atoms in total. The summed E-state index contributed by atoms with van der Waals surface area (Å²) in [4.78, 5) is 14.1. The zero-order chi connectivity index (χ0) is 14.3. The standard InChI is InChI=1S/C16H26N2O/c1-5-18(16(19)10-11-17-13(2)3)12-15-9-7-6-8-14(15)4/h6-9,13,17H,5,10-12H2,1-4H3. The third-order valence-corrected chi connectivity index (χ3v) is 3.25. The van der Waals surface area contributed by atoms with Gasteiger partial charge in [0.1, 0.15) is 0 Å². The van der Waals surface area contributed by atoms with Crippen LogP contribution in [0.1, 0.15) is 38.3 Å². The Morgan fingerprint density at radius 3 is 2.58 bits per heavy atom. The molecule has 0 saturated carbocycles. The van der Waals surface area contributed by atoms with Gasteiger partial charge in [-0.25, -0.2) is 0 Å². The van der Waals surface area contributed by atoms with Gasteiger partial charge in [-0.05, 0) is 25.0 Å². The lowest BCUT2D eigenvalue weighted by Gasteiger charge is -2.22. The van der Waals surface area contributed by atoms with E-state index in [4.69, 9.17) is 0 Å². The molecule has 0 aliphatic rings. The van der Waals surface area contributed by atoms with Crippen molar-refractivity contribution in [3.63, 3.8) is 0 Å². The SMILES string of the molecule is CCN(Cc1ccccc1C)C(=O)CCNC(C)C. The van der Waals surface area contributed by atoms with Gasteiger partial charge in [0.25, 0.3) is 0 Å². The topological polar surface area (TPSA) is 32.3 Å². The van der Waals surface area contributed by atoms with Crippen molar-refractivity contribution < 1.29 is 4.79 Å². The van der Waals surface area contributed by atoms with Crippen LogP contribution in [0.25, 0.3) is 0 Å². The molecule has 1 N–H and O–H groups in total. The van der Waals surface area contributed by atoms with Crippen LogP contribution in [0.3, 0.4) is 0 Å². The molecule has 0 aromatic heterocycles. The number of benzene rings is 1. The van der Waals surface area contributed by atoms with Crippen LogP contribution in [-0.4, -0.2) is 29.9 Å². The third kappa shape index (κ3) is 5.43. The smallest absolute Gasteiger partial charge is 0.224 e. The highest BCUT2D eigenvalue weighted by Crippen LogP contribution is 2.11. The van der Waals surface area contributed by atoms with E-state index in [1.165, 1.54) is 11.1 Å². The Kier molecular flexibility index (Phi) is 6.57. The molecule has 0 spiro atoms. The molecule has 106 valence electrons. The van der Waals surface area contributed by atoms with E-state index in [1.807, 2.05) is 24.0 Å². The summed E-state index contributed by atoms with van der Waals surface area (Å²) in [6.45, 7) is 10.5. The van der Waals surface area contributed by atoms with Crippen molar-refractivity contribution in [2.45, 2.75) is 46.7 Å². The van der Waals surface area contributed by atoms with Crippen LogP contribution in [0, 0.1) is 6.92 Å². The van der Waals surface area contributed by atoms with Crippen molar-refractivity contribution in [1.29, 1.82) is 0 Å². The lowest BCUT2D eigenvalue weighted by Crippen LogP contribution is -2.34. The fourth-order valence-corrected chi connectivity index (χ4v) is 2.00. The monoisotopic (exact) mass is 262 g/mol. The Balaban J connectivity index is 2.53. The number of aryl methyl sites for hydroxylation is 1. The molecule has 0 atom stereocenters. The van der Waals surface area contributed by atoms with Crippen LogP contribution >= 0.6 is 0 Å². The van der Waals surface area contributed by atoms with Crippen molar-refractivity contribution >= 4 is 5.91 Å². The van der Waals surface area contributed by atoms with Gasteiger partial charge in [-0.1, -0.05) is 38.1 Å². The van der Waals surface area contributed by atoms with Crippen LogP contribution in [0.5, 0.6) is 0 Å². The Morgan fingerprint density at radius 1 is 1.32 bits per heavy atom. The summed E-state index contributed by atoms with van der Waals surface area (Å²) < 4.78 is 0. The van der Waals surface area contributed by atoms with Gasteiger partial charge in [-0.2, -0.15) is 0 Å². The lowest BCUT2D eigenvalue weighted by atomic mass is 10.1. The van der Waals surface area contributed by atoms with Gasteiger partial charge in [-0.3, -0.25) is 4.79 Å². The van der Waals surface area contributed by atoms with Gasteiger partial charge in [0, 0.05) is 32.1 Å². The summed E-state index contributed by atoms with van der Waals surface area (Å²) in [6.07, 6.45) is 0.567. The molecule has 0 saturated heterocycles. The van der Waals surface area contributed by atoms with Gasteiger partial charge >= 0.3 is 0 Å². The summed E-state index contributed by atoms with van der Waals surface area (Å²) in [5, 5.41) is 3.28. The molecule has 0 aliphatic heterocycles. The average molecular weight is 262 g/mol. The maximum absolute atomic E-state index is 12.2. The zero-order valence-electron chi connectivity index (χ0n) is 12.6. The molecule has 0 fully saturated rings. The molecule has 19 heavy (non-hydrogen) atoms. The number of amides is 1. The number of nitrogens with zero attached hydrogens (tertiary/aromatic N) is 1. The molecule has 1 amide bonds. The molecular formula is C16H26N2O. The summed E-state index contributed by atoms with van der Waals surface area (Å²) in [5.41, 5.74) is 2.48. The summed E-state index contributed by atoms with van der Waals surface area (Å²) >= 11 is 0. The second kappa shape index (κ2) is 7.95. The second-order valence-corrected chi connectivity index (χ2v) is 5.19. The summed E-state index contributed by atoms with van der Waals surface area (Å²) in [5.74, 6) is 0.221. The minimum atomic E-state index is 0.221. The predicted molar refractivity (Wildman–Crippen MR) is 80.0 cm³/mol. The Morgan fingerprint density at radius 2 is 2.00 bits per heavy atom. The van der Waals surface area contributed by atoms with Crippen LogP contribution in [0.4, 0.5) is 0 Å². The highest BCUT2D eigenvalue weighted by molar-refractivity contribution is 5.76. The van der Waals surface area contributed by atoms with Gasteiger partial charge in [0.2, 0.25) is 5.91 Å². The Labute approximate surface area is 117 Å². The van der Waals surface area contributed by atoms with Crippen LogP contribution in [0.2, 0.25) is 0 Å². The quantitative estimate of drug-likeness (QED) is 0.819. The number of hydrogen-bond donors (Lipinski definition) is 1. The number of carbonyl (C=O) groups excluding carboxylic acids is 1. The van der Waals surface area contributed by atoms with E-state index in [0.29, 0.717) is 19.0 Å². The first kappa shape index (κ1) is 15.7. The van der Waals surface area contributed by atoms with Gasteiger partial charge in [0.15, 0.2) is 0 Å². The van der Waals surface area contributed by atoms with Crippen molar-refractivity contribution in [3.05, 3.63) is 35.4 Å². The van der Waals surface area contributed by atoms with Gasteiger partial charge in [-0.15, -0.1) is 0 Å². The van der Waals surface area contributed by atoms with Crippen molar-refractivity contribution in [3.8, 4) is 0 Å². The van der Waals surface area contributed by atoms with Gasteiger partial charge in [0.05, 0.1) is 0 Å². The number of nitrogens with one attached hydrogen (secondary N) is 1. The second-order valence-electron chi connectivity index (χ2n) is 5.19. The molecule has 0 bridgehead atoms. The first-order chi connectivity index (χ1) is 9.04. The molecule has 0 aliphatic carbocycles. The van der Waals surface area contributed by atoms with Crippen LogP contribution in [0.15, 0.2) is 24.3 Å². The van der Waals surface area contributed by atoms with E-state index in [2.05, 4.69) is 38.2 Å². The van der Waals surface area contributed by atoms with E-state index in [9.17, 15) is 4.79 Å². The Hall–Kier alpha value is -1.35. The van der Waals surface area contributed by atoms with Crippen LogP contribution < -0.4 is 5.32 Å². The summed E-state index contributed by atoms with van der Waals surface area (Å²) in [6, 6.07) is 8.68. The minimum absolute atomic E-state index is 0.221. The van der Waals surface area contributed by atoms with Crippen molar-refractivity contribution in [1.82, 2.24) is 10.2 Å². The Bertz CT molecular complexity index is 401. The number of hydrogen-bond acceptors (Lipinski definition) is 2. The lowest BCUT2D eigenvalue weighted by molar-refractivity contribution is -0.131. The number of rotatable bonds is 7. The molecule has 3 heteroatoms. The fraction of sp³-hybridized carbons (Fsp3) is 0.562. The predicted octanol–water partition coefficient (Wildman–Crippen LogP) is 2.73. The first-order valence-corrected chi connectivity index (χ1v) is 7.10. The van der Waals surface area contributed by atoms with E-state index >= 15 is 0 Å². The van der Waals surface area contributed by atoms with Crippen molar-refractivity contribution in [2.24, 2.45) is 0 Å². The fourth-order valence-electron chi connectivity index (χ4n) is 2.00. The normalized spacial score (nSPS) is 10.8. The van der Waals surface area contributed by atoms with E-state index in [-0.39, 0.29) is 5.91 Å². The van der Waals surface area contributed by atoms with E-state index in [1.54, 1.807) is 0 Å². The average Bonchev–Trinajstić information content (AvgIpc) is 2.37. The van der Waals surface area contributed by atoms with E-state index in [0.717, 1.165) is 13.1 Å². The summed E-state index contributed by atoms with van der Waals surface area (Å²) in [7, 11) is 0. The molecule has 0 radical (unpaired) electrons. The van der Waals surface area contributed by atoms with E-state index < -0.39 is 0 Å². The molecule has 1 aromatic carbocycles. The zero-order valence-corrected chi connectivity index (χ0v) is 12.6. The molecular weight excluding hydrogens is 236 g/mol. The molecule has 1 aromatic rings. The highest BCUT2D eigenvalue weighted by atomic mass is 16.2. The molecule has 0 heterocycles. The maximum atomic E-state index is 12.2. The third-order valence-electron chi connectivity index (χ3n) is 3.25. The van der Waals surface area contributed by atoms with Crippen LogP contribution in [-0.2, 0) is 11.3 Å². The maximum Gasteiger partial charge on any atom is 0.224 e. The highest BCUT2D eigenvalue weighted by Gasteiger charge is 2.12. The van der Waals surface area contributed by atoms with Gasteiger partial charge < -0.3 is 10.2 Å². The first-order valence-electron chi connectivity index (χ1n) is 7.10. The largest absolute Gasteiger partial charge is 0.339 e. The van der Waals surface area contributed by atoms with Crippen molar-refractivity contribution in [2.75, 3.05) is 13.1 Å². The molecule has 1 rings (SSSR count). The molecule has 0 unspecified atom stereocenters. The minimum Gasteiger partial charge on any atom is -0.339 e. The number of carbonyl (C=O) groups is 1.